The van der Waals surface area contributed by atoms with E-state index in [4.69, 9.17) is 17.3 Å². The van der Waals surface area contributed by atoms with Gasteiger partial charge in [-0.25, -0.2) is 13.4 Å². The summed E-state index contributed by atoms with van der Waals surface area (Å²) in [4.78, 5) is 3.66. The smallest absolute Gasteiger partial charge is 0.268 e. The molecule has 0 saturated heterocycles. The molecule has 2 aromatic rings. The second kappa shape index (κ2) is 4.22. The van der Waals surface area contributed by atoms with Crippen molar-refractivity contribution in [3.8, 4) is 0 Å². The number of pyridine rings is 1. The monoisotopic (exact) mass is 273 g/mol. The number of nitrogens with one attached hydrogen (secondary N) is 2. The van der Waals surface area contributed by atoms with Gasteiger partial charge in [-0.2, -0.15) is 5.10 Å². The zero-order valence-electron chi connectivity index (χ0n) is 8.38. The molecule has 4 N–H and O–H groups in total. The lowest BCUT2D eigenvalue weighted by atomic mass is 10.5. The average molecular weight is 274 g/mol. The van der Waals surface area contributed by atoms with E-state index in [0.717, 1.165) is 6.20 Å². The highest BCUT2D eigenvalue weighted by Gasteiger charge is 2.19. The second-order valence-electron chi connectivity index (χ2n) is 3.10. The minimum absolute atomic E-state index is 0.0421. The van der Waals surface area contributed by atoms with Crippen molar-refractivity contribution in [1.29, 1.82) is 0 Å². The van der Waals surface area contributed by atoms with Crippen molar-refractivity contribution < 1.29 is 8.42 Å². The first kappa shape index (κ1) is 11.7. The normalized spacial score (nSPS) is 11.4. The van der Waals surface area contributed by atoms with Gasteiger partial charge in [-0.3, -0.25) is 9.82 Å². The van der Waals surface area contributed by atoms with Gasteiger partial charge in [0.1, 0.15) is 21.7 Å². The maximum Gasteiger partial charge on any atom is 0.268 e. The number of hydrogen-bond acceptors (Lipinski definition) is 5. The van der Waals surface area contributed by atoms with Crippen molar-refractivity contribution in [1.82, 2.24) is 15.2 Å². The van der Waals surface area contributed by atoms with Crippen LogP contribution in [0.1, 0.15) is 0 Å². The van der Waals surface area contributed by atoms with Crippen molar-refractivity contribution in [2.75, 3.05) is 10.5 Å². The molecule has 0 amide bonds. The third kappa shape index (κ3) is 2.48. The molecule has 2 heterocycles. The fourth-order valence-corrected chi connectivity index (χ4v) is 2.35. The molecule has 2 rings (SSSR count). The summed E-state index contributed by atoms with van der Waals surface area (Å²) in [5.41, 5.74) is 5.43. The van der Waals surface area contributed by atoms with E-state index in [0.29, 0.717) is 0 Å². The van der Waals surface area contributed by atoms with E-state index in [1.54, 1.807) is 6.07 Å². The van der Waals surface area contributed by atoms with E-state index < -0.39 is 10.0 Å². The summed E-state index contributed by atoms with van der Waals surface area (Å²) in [5.74, 6) is 0.0672. The number of anilines is 2. The lowest BCUT2D eigenvalue weighted by molar-refractivity contribution is 0.601. The number of hydrogen-bond donors (Lipinski definition) is 3. The first-order valence-corrected chi connectivity index (χ1v) is 6.29. The zero-order valence-corrected chi connectivity index (χ0v) is 9.96. The van der Waals surface area contributed by atoms with Gasteiger partial charge in [-0.05, 0) is 12.1 Å². The molecule has 0 bridgehead atoms. The molecule has 0 aromatic carbocycles. The van der Waals surface area contributed by atoms with E-state index in [-0.39, 0.29) is 21.7 Å². The van der Waals surface area contributed by atoms with Crippen LogP contribution in [0.15, 0.2) is 29.3 Å². The Balaban J connectivity index is 2.33. The quantitative estimate of drug-likeness (QED) is 0.717. The van der Waals surface area contributed by atoms with Crippen molar-refractivity contribution in [3.63, 3.8) is 0 Å². The lowest BCUT2D eigenvalue weighted by Gasteiger charge is -2.05. The Bertz CT molecular complexity index is 639. The van der Waals surface area contributed by atoms with Crippen molar-refractivity contribution >= 4 is 33.3 Å². The van der Waals surface area contributed by atoms with E-state index in [1.165, 1.54) is 12.1 Å². The van der Waals surface area contributed by atoms with Crippen molar-refractivity contribution in [2.45, 2.75) is 4.90 Å². The molecule has 0 radical (unpaired) electrons. The highest BCUT2D eigenvalue weighted by atomic mass is 35.5. The van der Waals surface area contributed by atoms with Crippen LogP contribution in [0, 0.1) is 0 Å². The molecule has 0 aliphatic rings. The Hall–Kier alpha value is -1.80. The molecular formula is C8H8ClN5O2S. The molecule has 0 aliphatic heterocycles. The molecule has 17 heavy (non-hydrogen) atoms. The van der Waals surface area contributed by atoms with Gasteiger partial charge in [-0.1, -0.05) is 17.7 Å². The van der Waals surface area contributed by atoms with Crippen molar-refractivity contribution in [3.05, 3.63) is 29.5 Å². The predicted molar refractivity (Wildman–Crippen MR) is 63.1 cm³/mol. The number of sulfonamides is 1. The minimum atomic E-state index is -3.81. The summed E-state index contributed by atoms with van der Waals surface area (Å²) < 4.78 is 26.0. The van der Waals surface area contributed by atoms with Crippen LogP contribution in [0.25, 0.3) is 0 Å². The van der Waals surface area contributed by atoms with Gasteiger partial charge < -0.3 is 5.73 Å². The van der Waals surface area contributed by atoms with Gasteiger partial charge in [-0.15, -0.1) is 0 Å². The Morgan fingerprint density at radius 3 is 2.76 bits per heavy atom. The standard InChI is InChI=1S/C8H8ClN5O2S/c9-6-2-1-3-7(12-6)14-17(15,16)5-4-11-13-8(5)10/h1-4H,(H,12,14)(H3,10,11,13). The summed E-state index contributed by atoms with van der Waals surface area (Å²) in [6.45, 7) is 0. The summed E-state index contributed by atoms with van der Waals surface area (Å²) >= 11 is 5.64. The second-order valence-corrected chi connectivity index (χ2v) is 5.14. The largest absolute Gasteiger partial charge is 0.383 e. The predicted octanol–water partition coefficient (Wildman–Crippen LogP) is 0.841. The third-order valence-electron chi connectivity index (χ3n) is 1.88. The molecule has 90 valence electrons. The van der Waals surface area contributed by atoms with Crippen LogP contribution < -0.4 is 10.5 Å². The molecule has 0 saturated carbocycles. The van der Waals surface area contributed by atoms with E-state index >= 15 is 0 Å². The van der Waals surface area contributed by atoms with Crippen molar-refractivity contribution in [2.24, 2.45) is 0 Å². The molecule has 2 aromatic heterocycles. The number of halogens is 1. The zero-order chi connectivity index (χ0) is 12.5. The molecule has 0 spiro atoms. The number of aromatic nitrogens is 3. The number of rotatable bonds is 3. The van der Waals surface area contributed by atoms with Crippen LogP contribution >= 0.6 is 11.6 Å². The third-order valence-corrected chi connectivity index (χ3v) is 3.47. The number of nitrogen functional groups attached to an aromatic ring is 1. The fourth-order valence-electron chi connectivity index (χ4n) is 1.16. The van der Waals surface area contributed by atoms with Gasteiger partial charge in [0, 0.05) is 0 Å². The number of nitrogens with two attached hydrogens (primary N) is 1. The first-order chi connectivity index (χ1) is 7.99. The Kier molecular flexibility index (Phi) is 2.90. The van der Waals surface area contributed by atoms with Crippen LogP contribution in [-0.4, -0.2) is 23.6 Å². The number of nitrogens with zero attached hydrogens (tertiary/aromatic N) is 2. The molecule has 0 fully saturated rings. The number of H-pyrrole nitrogens is 1. The van der Waals surface area contributed by atoms with Crippen LogP contribution in [0.3, 0.4) is 0 Å². The summed E-state index contributed by atoms with van der Waals surface area (Å²) in [7, 11) is -3.81. The van der Waals surface area contributed by atoms with Crippen LogP contribution in [0.2, 0.25) is 5.15 Å². The van der Waals surface area contributed by atoms with Gasteiger partial charge in [0.05, 0.1) is 6.20 Å². The van der Waals surface area contributed by atoms with Crippen LogP contribution in [0.4, 0.5) is 11.6 Å². The maximum atomic E-state index is 11.9. The molecule has 0 unspecified atom stereocenters. The van der Waals surface area contributed by atoms with Gasteiger partial charge in [0.2, 0.25) is 0 Å². The summed E-state index contributed by atoms with van der Waals surface area (Å²) in [5, 5.41) is 6.05. The Morgan fingerprint density at radius 2 is 2.18 bits per heavy atom. The highest BCUT2D eigenvalue weighted by Crippen LogP contribution is 2.18. The summed E-state index contributed by atoms with van der Waals surface area (Å²) in [6.07, 6.45) is 1.11. The van der Waals surface area contributed by atoms with Crippen LogP contribution in [0.5, 0.6) is 0 Å². The molecule has 0 atom stereocenters. The lowest BCUT2D eigenvalue weighted by Crippen LogP contribution is -2.14. The Morgan fingerprint density at radius 1 is 1.41 bits per heavy atom. The topological polar surface area (TPSA) is 114 Å². The van der Waals surface area contributed by atoms with E-state index in [1.807, 2.05) is 0 Å². The molecule has 9 heteroatoms. The van der Waals surface area contributed by atoms with Crippen LogP contribution in [-0.2, 0) is 10.0 Å². The minimum Gasteiger partial charge on any atom is -0.383 e. The molecular weight excluding hydrogens is 266 g/mol. The van der Waals surface area contributed by atoms with Gasteiger partial charge in [0.25, 0.3) is 10.0 Å². The first-order valence-electron chi connectivity index (χ1n) is 4.43. The molecule has 7 nitrogen and oxygen atoms in total. The van der Waals surface area contributed by atoms with Gasteiger partial charge >= 0.3 is 0 Å². The highest BCUT2D eigenvalue weighted by molar-refractivity contribution is 7.92. The van der Waals surface area contributed by atoms with E-state index in [2.05, 4.69) is 19.9 Å². The summed E-state index contributed by atoms with van der Waals surface area (Å²) in [6, 6.07) is 4.58. The van der Waals surface area contributed by atoms with E-state index in [9.17, 15) is 8.42 Å². The van der Waals surface area contributed by atoms with Gasteiger partial charge in [0.15, 0.2) is 0 Å². The SMILES string of the molecule is Nc1[nH]ncc1S(=O)(=O)Nc1cccc(Cl)n1. The number of aromatic amines is 1. The average Bonchev–Trinajstić information content (AvgIpc) is 2.64. The Labute approximate surface area is 102 Å². The fraction of sp³-hybridized carbons (Fsp3) is 0. The molecule has 0 aliphatic carbocycles. The maximum absolute atomic E-state index is 11.9.